The number of hydrogen-bond acceptors (Lipinski definition) is 4. The molecule has 0 unspecified atom stereocenters. The van der Waals surface area contributed by atoms with Gasteiger partial charge in [0.15, 0.2) is 6.61 Å². The number of anilines is 1. The minimum Gasteiger partial charge on any atom is -0.452 e. The lowest BCUT2D eigenvalue weighted by Crippen LogP contribution is -2.50. The highest BCUT2D eigenvalue weighted by atomic mass is 16.5. The van der Waals surface area contributed by atoms with Crippen LogP contribution in [0.3, 0.4) is 0 Å². The number of carbonyl (C=O) groups excluding carboxylic acids is 2. The maximum atomic E-state index is 12.5. The van der Waals surface area contributed by atoms with Gasteiger partial charge in [0, 0.05) is 18.3 Å². The molecule has 1 aliphatic heterocycles. The number of nitrogen functional groups attached to an aromatic ring is 1. The number of esters is 1. The SMILES string of the molecule is Nc1ccc(C(=O)OCC(=O)N2CCC[C@@H]3CCCC[C@@H]32)cc1. The Hall–Kier alpha value is -2.04. The summed E-state index contributed by atoms with van der Waals surface area (Å²) in [6.07, 6.45) is 7.05. The summed E-state index contributed by atoms with van der Waals surface area (Å²) in [6.45, 7) is 0.617. The van der Waals surface area contributed by atoms with E-state index in [0.717, 1.165) is 19.4 Å². The summed E-state index contributed by atoms with van der Waals surface area (Å²) in [6, 6.07) is 6.87. The number of nitrogens with two attached hydrogens (primary N) is 1. The van der Waals surface area contributed by atoms with E-state index in [4.69, 9.17) is 10.5 Å². The van der Waals surface area contributed by atoms with Crippen molar-refractivity contribution in [1.29, 1.82) is 0 Å². The smallest absolute Gasteiger partial charge is 0.338 e. The van der Waals surface area contributed by atoms with Crippen molar-refractivity contribution in [3.63, 3.8) is 0 Å². The first-order valence-electron chi connectivity index (χ1n) is 8.47. The van der Waals surface area contributed by atoms with Crippen LogP contribution in [0.5, 0.6) is 0 Å². The predicted octanol–water partition coefficient (Wildman–Crippen LogP) is 2.61. The molecule has 3 rings (SSSR count). The molecule has 1 aromatic rings. The lowest BCUT2D eigenvalue weighted by atomic mass is 9.78. The molecule has 1 aromatic carbocycles. The standard InChI is InChI=1S/C18H24N2O3/c19-15-9-7-14(8-10-15)18(22)23-12-17(21)20-11-3-5-13-4-1-2-6-16(13)20/h7-10,13,16H,1-6,11-12,19H2/t13-,16-/m0/s1. The molecule has 2 N–H and O–H groups in total. The van der Waals surface area contributed by atoms with Crippen molar-refractivity contribution in [3.8, 4) is 0 Å². The number of likely N-dealkylation sites (tertiary alicyclic amines) is 1. The van der Waals surface area contributed by atoms with Crippen LogP contribution in [0.4, 0.5) is 5.69 Å². The van der Waals surface area contributed by atoms with Crippen LogP contribution in [0.25, 0.3) is 0 Å². The molecule has 2 fully saturated rings. The number of fused-ring (bicyclic) bond motifs is 1. The summed E-state index contributed by atoms with van der Waals surface area (Å²) in [7, 11) is 0. The van der Waals surface area contributed by atoms with Crippen molar-refractivity contribution in [3.05, 3.63) is 29.8 Å². The van der Waals surface area contributed by atoms with E-state index in [1.165, 1.54) is 25.7 Å². The number of piperidine rings is 1. The Labute approximate surface area is 136 Å². The molecule has 0 bridgehead atoms. The number of carbonyl (C=O) groups is 2. The summed E-state index contributed by atoms with van der Waals surface area (Å²) < 4.78 is 5.19. The molecule has 5 heteroatoms. The highest BCUT2D eigenvalue weighted by Crippen LogP contribution is 2.35. The van der Waals surface area contributed by atoms with E-state index < -0.39 is 5.97 Å². The Kier molecular flexibility index (Phi) is 4.84. The minimum absolute atomic E-state index is 0.0644. The largest absolute Gasteiger partial charge is 0.452 e. The van der Waals surface area contributed by atoms with E-state index >= 15 is 0 Å². The zero-order valence-corrected chi connectivity index (χ0v) is 13.4. The first kappa shape index (κ1) is 15.8. The molecule has 23 heavy (non-hydrogen) atoms. The molecule has 2 aliphatic rings. The lowest BCUT2D eigenvalue weighted by molar-refractivity contribution is -0.140. The van der Waals surface area contributed by atoms with Gasteiger partial charge in [0.1, 0.15) is 0 Å². The van der Waals surface area contributed by atoms with Crippen LogP contribution < -0.4 is 5.73 Å². The van der Waals surface area contributed by atoms with Crippen LogP contribution in [0.2, 0.25) is 0 Å². The molecular formula is C18H24N2O3. The minimum atomic E-state index is -0.476. The highest BCUT2D eigenvalue weighted by molar-refractivity contribution is 5.91. The first-order valence-corrected chi connectivity index (χ1v) is 8.47. The van der Waals surface area contributed by atoms with Gasteiger partial charge in [-0.25, -0.2) is 4.79 Å². The van der Waals surface area contributed by atoms with Gasteiger partial charge in [-0.2, -0.15) is 0 Å². The number of amides is 1. The van der Waals surface area contributed by atoms with E-state index in [-0.39, 0.29) is 12.5 Å². The number of ether oxygens (including phenoxy) is 1. The van der Waals surface area contributed by atoms with Gasteiger partial charge in [-0.15, -0.1) is 0 Å². The van der Waals surface area contributed by atoms with Crippen LogP contribution in [0, 0.1) is 5.92 Å². The molecule has 1 aliphatic carbocycles. The van der Waals surface area contributed by atoms with E-state index in [0.29, 0.717) is 23.2 Å². The summed E-state index contributed by atoms with van der Waals surface area (Å²) >= 11 is 0. The molecule has 5 nitrogen and oxygen atoms in total. The maximum Gasteiger partial charge on any atom is 0.338 e. The third-order valence-corrected chi connectivity index (χ3v) is 5.04. The second-order valence-electron chi connectivity index (χ2n) is 6.54. The van der Waals surface area contributed by atoms with E-state index in [9.17, 15) is 9.59 Å². The van der Waals surface area contributed by atoms with Crippen molar-refractivity contribution in [1.82, 2.24) is 4.90 Å². The number of hydrogen-bond donors (Lipinski definition) is 1. The predicted molar refractivity (Wildman–Crippen MR) is 87.8 cm³/mol. The molecule has 1 saturated carbocycles. The fraction of sp³-hybridized carbons (Fsp3) is 0.556. The van der Waals surface area contributed by atoms with E-state index in [1.54, 1.807) is 24.3 Å². The molecule has 1 saturated heterocycles. The molecular weight excluding hydrogens is 292 g/mol. The summed E-state index contributed by atoms with van der Waals surface area (Å²) in [5.74, 6) is 0.0928. The van der Waals surface area contributed by atoms with Crippen LogP contribution in [0.15, 0.2) is 24.3 Å². The summed E-state index contributed by atoms with van der Waals surface area (Å²) in [5.41, 5.74) is 6.61. The van der Waals surface area contributed by atoms with Gasteiger partial charge in [-0.05, 0) is 55.9 Å². The van der Waals surface area contributed by atoms with Crippen molar-refractivity contribution in [2.45, 2.75) is 44.6 Å². The third kappa shape index (κ3) is 3.66. The molecule has 0 aromatic heterocycles. The van der Waals surface area contributed by atoms with Gasteiger partial charge in [0.05, 0.1) is 5.56 Å². The Morgan fingerprint density at radius 2 is 1.78 bits per heavy atom. The average Bonchev–Trinajstić information content (AvgIpc) is 2.59. The third-order valence-electron chi connectivity index (χ3n) is 5.04. The zero-order chi connectivity index (χ0) is 16.2. The van der Waals surface area contributed by atoms with Gasteiger partial charge >= 0.3 is 5.97 Å². The van der Waals surface area contributed by atoms with Crippen molar-refractivity contribution >= 4 is 17.6 Å². The Bertz CT molecular complexity index is 568. The van der Waals surface area contributed by atoms with Crippen molar-refractivity contribution in [2.75, 3.05) is 18.9 Å². The van der Waals surface area contributed by atoms with E-state index in [1.807, 2.05) is 4.90 Å². The van der Waals surface area contributed by atoms with Gasteiger partial charge in [0.25, 0.3) is 5.91 Å². The number of nitrogens with zero attached hydrogens (tertiary/aromatic N) is 1. The average molecular weight is 316 g/mol. The summed E-state index contributed by atoms with van der Waals surface area (Å²) in [4.78, 5) is 26.4. The van der Waals surface area contributed by atoms with Gasteiger partial charge in [0.2, 0.25) is 0 Å². The number of rotatable bonds is 3. The van der Waals surface area contributed by atoms with Crippen molar-refractivity contribution in [2.24, 2.45) is 5.92 Å². The molecule has 1 amide bonds. The monoisotopic (exact) mass is 316 g/mol. The summed E-state index contributed by atoms with van der Waals surface area (Å²) in [5, 5.41) is 0. The normalized spacial score (nSPS) is 23.9. The van der Waals surface area contributed by atoms with Gasteiger partial charge in [-0.3, -0.25) is 4.79 Å². The van der Waals surface area contributed by atoms with Crippen molar-refractivity contribution < 1.29 is 14.3 Å². The Morgan fingerprint density at radius 1 is 1.09 bits per heavy atom. The quantitative estimate of drug-likeness (QED) is 0.687. The molecule has 1 heterocycles. The molecule has 0 spiro atoms. The van der Waals surface area contributed by atoms with Gasteiger partial charge < -0.3 is 15.4 Å². The van der Waals surface area contributed by atoms with Gasteiger partial charge in [-0.1, -0.05) is 12.8 Å². The second kappa shape index (κ2) is 7.02. The van der Waals surface area contributed by atoms with Crippen LogP contribution in [-0.2, 0) is 9.53 Å². The fourth-order valence-corrected chi connectivity index (χ4v) is 3.85. The fourth-order valence-electron chi connectivity index (χ4n) is 3.85. The highest BCUT2D eigenvalue weighted by Gasteiger charge is 2.35. The topological polar surface area (TPSA) is 72.6 Å². The molecule has 0 radical (unpaired) electrons. The zero-order valence-electron chi connectivity index (χ0n) is 13.4. The molecule has 124 valence electrons. The number of benzene rings is 1. The second-order valence-corrected chi connectivity index (χ2v) is 6.54. The first-order chi connectivity index (χ1) is 11.1. The lowest BCUT2D eigenvalue weighted by Gasteiger charge is -2.44. The maximum absolute atomic E-state index is 12.5. The Balaban J connectivity index is 1.56. The Morgan fingerprint density at radius 3 is 2.57 bits per heavy atom. The van der Waals surface area contributed by atoms with E-state index in [2.05, 4.69) is 0 Å². The van der Waals surface area contributed by atoms with Crippen LogP contribution >= 0.6 is 0 Å². The van der Waals surface area contributed by atoms with Crippen LogP contribution in [0.1, 0.15) is 48.9 Å². The molecule has 2 atom stereocenters. The van der Waals surface area contributed by atoms with Crippen LogP contribution in [-0.4, -0.2) is 36.0 Å².